The Bertz CT molecular complexity index is 98.6. The minimum Gasteiger partial charge on any atom is -1.00 e. The molecule has 0 rings (SSSR count). The standard InChI is InChI=1S/C2H5NO2.BH3O3.ClH.3Na.3H/c3-1-2(4)5;2-1(3)4;;;;;;;/h1,3H2,(H,4,5);2-4H;1H;;;;;;/q;;;3*+1;3*-1. The smallest absolute Gasteiger partial charge is 1.00 e. The molecule has 0 aromatic heterocycles. The van der Waals surface area contributed by atoms with E-state index in [9.17, 15) is 4.79 Å². The third kappa shape index (κ3) is 108. The Hall–Kier alpha value is 2.66. The summed E-state index contributed by atoms with van der Waals surface area (Å²) >= 11 is 0. The van der Waals surface area contributed by atoms with Crippen molar-refractivity contribution in [3.05, 3.63) is 0 Å². The molecule has 0 aromatic rings. The van der Waals surface area contributed by atoms with Crippen LogP contribution in [0.25, 0.3) is 0 Å². The molecule has 0 amide bonds. The van der Waals surface area contributed by atoms with E-state index in [0.29, 0.717) is 0 Å². The van der Waals surface area contributed by atoms with Crippen molar-refractivity contribution < 1.29 is 118 Å². The molecule has 6 nitrogen and oxygen atoms in total. The summed E-state index contributed by atoms with van der Waals surface area (Å²) in [5.41, 5.74) is 4.57. The van der Waals surface area contributed by atoms with Gasteiger partial charge in [-0.25, -0.2) is 0 Å². The van der Waals surface area contributed by atoms with Gasteiger partial charge in [-0.05, 0) is 0 Å². The molecule has 0 aliphatic rings. The first-order valence-corrected chi connectivity index (χ1v) is 1.96. The fourth-order valence-corrected chi connectivity index (χ4v) is 0. The van der Waals surface area contributed by atoms with Crippen molar-refractivity contribution in [2.45, 2.75) is 0 Å². The first kappa shape index (κ1) is 36.1. The van der Waals surface area contributed by atoms with Crippen LogP contribution in [0.5, 0.6) is 0 Å². The van der Waals surface area contributed by atoms with Crippen LogP contribution in [0.2, 0.25) is 0 Å². The maximum Gasteiger partial charge on any atom is 1.00 e. The number of hydrogen-bond acceptors (Lipinski definition) is 5. The fourth-order valence-electron chi connectivity index (χ4n) is 0. The van der Waals surface area contributed by atoms with Crippen LogP contribution < -0.4 is 94.4 Å². The summed E-state index contributed by atoms with van der Waals surface area (Å²) in [6.07, 6.45) is 0. The average molecular weight is 245 g/mol. The van der Waals surface area contributed by atoms with Crippen molar-refractivity contribution in [1.82, 2.24) is 0 Å². The zero-order chi connectivity index (χ0) is 7.86. The minimum atomic E-state index is -2.17. The molecular weight excluding hydrogens is 233 g/mol. The van der Waals surface area contributed by atoms with E-state index in [1.807, 2.05) is 0 Å². The fraction of sp³-hybridized carbons (Fsp3) is 0.500. The van der Waals surface area contributed by atoms with Gasteiger partial charge in [-0.15, -0.1) is 12.4 Å². The Labute approximate surface area is 154 Å². The number of nitrogens with two attached hydrogens (primary N) is 1. The van der Waals surface area contributed by atoms with E-state index in [2.05, 4.69) is 5.73 Å². The van der Waals surface area contributed by atoms with Gasteiger partial charge in [0, 0.05) is 0 Å². The molecule has 0 heterocycles. The molecule has 0 aliphatic heterocycles. The van der Waals surface area contributed by atoms with Gasteiger partial charge in [0.2, 0.25) is 0 Å². The van der Waals surface area contributed by atoms with Gasteiger partial charge >= 0.3 is 102 Å². The van der Waals surface area contributed by atoms with Crippen molar-refractivity contribution >= 4 is 25.7 Å². The second-order valence-electron chi connectivity index (χ2n) is 0.944. The van der Waals surface area contributed by atoms with Crippen LogP contribution in [0.3, 0.4) is 0 Å². The third-order valence-corrected chi connectivity index (χ3v) is 0.175. The van der Waals surface area contributed by atoms with Gasteiger partial charge in [-0.2, -0.15) is 0 Å². The monoisotopic (exact) mass is 245 g/mol. The van der Waals surface area contributed by atoms with Gasteiger partial charge in [0.1, 0.15) is 0 Å². The number of halogens is 1. The van der Waals surface area contributed by atoms with E-state index in [1.54, 1.807) is 0 Å². The summed E-state index contributed by atoms with van der Waals surface area (Å²) in [6, 6.07) is 0. The molecule has 13 heavy (non-hydrogen) atoms. The molecule has 0 radical (unpaired) electrons. The molecule has 0 fully saturated rings. The Morgan fingerprint density at radius 1 is 1.23 bits per heavy atom. The van der Waals surface area contributed by atoms with Crippen LogP contribution in [0.15, 0.2) is 0 Å². The van der Waals surface area contributed by atoms with E-state index in [1.165, 1.54) is 0 Å². The first-order valence-electron chi connectivity index (χ1n) is 1.96. The minimum absolute atomic E-state index is 0. The Morgan fingerprint density at radius 2 is 1.31 bits per heavy atom. The van der Waals surface area contributed by atoms with E-state index in [4.69, 9.17) is 20.2 Å². The summed E-state index contributed by atoms with van der Waals surface area (Å²) in [5.74, 6) is -0.968. The van der Waals surface area contributed by atoms with Crippen molar-refractivity contribution in [2.24, 2.45) is 5.73 Å². The molecule has 0 atom stereocenters. The van der Waals surface area contributed by atoms with Crippen molar-refractivity contribution in [3.63, 3.8) is 0 Å². The van der Waals surface area contributed by atoms with Crippen LogP contribution in [0, 0.1) is 0 Å². The molecule has 0 saturated heterocycles. The second kappa shape index (κ2) is 29.3. The van der Waals surface area contributed by atoms with Crippen LogP contribution in [0.1, 0.15) is 4.28 Å². The Morgan fingerprint density at radius 3 is 1.31 bits per heavy atom. The van der Waals surface area contributed by atoms with Crippen LogP contribution in [0.4, 0.5) is 0 Å². The van der Waals surface area contributed by atoms with Crippen molar-refractivity contribution in [1.29, 1.82) is 0 Å². The summed E-state index contributed by atoms with van der Waals surface area (Å²) in [7, 11) is -2.17. The van der Waals surface area contributed by atoms with Crippen LogP contribution in [-0.4, -0.2) is 40.0 Å². The SMILES string of the molecule is Cl.NCC(=O)O.OB(O)O.[H-].[H-].[H-].[Na+].[Na+].[Na+]. The molecule has 0 unspecified atom stereocenters. The van der Waals surface area contributed by atoms with Gasteiger partial charge < -0.3 is 30.2 Å². The molecule has 0 saturated carbocycles. The maximum atomic E-state index is 9.24. The zero-order valence-electron chi connectivity index (χ0n) is 11.0. The van der Waals surface area contributed by atoms with Gasteiger partial charge in [0.15, 0.2) is 0 Å². The normalized spacial score (nSPS) is 4.92. The van der Waals surface area contributed by atoms with Gasteiger partial charge in [0.25, 0.3) is 0 Å². The van der Waals surface area contributed by atoms with Gasteiger partial charge in [0.05, 0.1) is 6.54 Å². The largest absolute Gasteiger partial charge is 1.00 e. The number of carboxylic acids is 1. The molecule has 0 aliphatic carbocycles. The number of carbonyl (C=O) groups is 1. The second-order valence-corrected chi connectivity index (χ2v) is 0.944. The first-order chi connectivity index (χ1) is 4.00. The molecule has 68 valence electrons. The van der Waals surface area contributed by atoms with Crippen LogP contribution in [-0.2, 0) is 4.79 Å². The summed E-state index contributed by atoms with van der Waals surface area (Å²) in [5, 5.41) is 29.1. The quantitative estimate of drug-likeness (QED) is 0.292. The number of carboxylic acid groups (broad SMARTS) is 1. The Kier molecular flexibility index (Phi) is 81.3. The molecule has 0 bridgehead atoms. The molecule has 0 spiro atoms. The zero-order valence-corrected chi connectivity index (χ0v) is 14.8. The predicted molar refractivity (Wildman–Crippen MR) is 39.7 cm³/mol. The van der Waals surface area contributed by atoms with E-state index in [0.717, 1.165) is 0 Å². The van der Waals surface area contributed by atoms with Gasteiger partial charge in [-0.1, -0.05) is 0 Å². The molecule has 11 heteroatoms. The van der Waals surface area contributed by atoms with E-state index in [-0.39, 0.29) is 112 Å². The summed E-state index contributed by atoms with van der Waals surface area (Å²) in [6.45, 7) is -0.278. The summed E-state index contributed by atoms with van der Waals surface area (Å²) in [4.78, 5) is 9.24. The number of hydrogen-bond donors (Lipinski definition) is 5. The van der Waals surface area contributed by atoms with Crippen LogP contribution >= 0.6 is 12.4 Å². The average Bonchev–Trinajstić information content (AvgIpc) is 1.65. The predicted octanol–water partition coefficient (Wildman–Crippen LogP) is -11.3. The van der Waals surface area contributed by atoms with Crippen molar-refractivity contribution in [2.75, 3.05) is 6.54 Å². The van der Waals surface area contributed by atoms with Crippen molar-refractivity contribution in [3.8, 4) is 0 Å². The number of aliphatic carboxylic acids is 1. The topological polar surface area (TPSA) is 124 Å². The number of rotatable bonds is 1. The van der Waals surface area contributed by atoms with E-state index < -0.39 is 13.3 Å². The Balaban J connectivity index is -0.00000000614. The molecular formula is C2H12BClNNa3O5. The van der Waals surface area contributed by atoms with Gasteiger partial charge in [-0.3, -0.25) is 4.79 Å². The maximum absolute atomic E-state index is 9.24. The summed E-state index contributed by atoms with van der Waals surface area (Å²) < 4.78 is 0. The third-order valence-electron chi connectivity index (χ3n) is 0.175. The molecule has 6 N–H and O–H groups in total. The molecule has 0 aromatic carbocycles. The van der Waals surface area contributed by atoms with E-state index >= 15 is 0 Å².